The van der Waals surface area contributed by atoms with Crippen molar-refractivity contribution in [2.24, 2.45) is 5.92 Å². The Bertz CT molecular complexity index is 679. The maximum atomic E-state index is 11.8. The van der Waals surface area contributed by atoms with Gasteiger partial charge >= 0.3 is 23.9 Å². The van der Waals surface area contributed by atoms with Crippen molar-refractivity contribution in [1.82, 2.24) is 0 Å². The summed E-state index contributed by atoms with van der Waals surface area (Å²) < 4.78 is 25.7. The van der Waals surface area contributed by atoms with Crippen molar-refractivity contribution in [1.29, 1.82) is 0 Å². The summed E-state index contributed by atoms with van der Waals surface area (Å²) >= 11 is 0. The zero-order chi connectivity index (χ0) is 29.1. The molecule has 0 aliphatic rings. The molecule has 10 heteroatoms. The van der Waals surface area contributed by atoms with Gasteiger partial charge in [0.1, 0.15) is 12.7 Å². The zero-order valence-corrected chi connectivity index (χ0v) is 24.0. The molecule has 0 aliphatic heterocycles. The summed E-state index contributed by atoms with van der Waals surface area (Å²) in [4.78, 5) is 46.0. The third-order valence-electron chi connectivity index (χ3n) is 5.91. The standard InChI is InChI=1S/C29H50O10/c1-4-24(3)29(34)38-21-13-9-11-16-27(32)37-19-12-8-6-7-10-17-28(33)39-23-25(30)22-35-18-14-15-20-36-26(31)5-2/h5,24-25,30H,2,4,6-23H2,1,3H3. The van der Waals surface area contributed by atoms with E-state index in [4.69, 9.17) is 23.7 Å². The number of ether oxygens (including phenoxy) is 5. The number of carbonyl (C=O) groups excluding carboxylic acids is 4. The smallest absolute Gasteiger partial charge is 0.330 e. The summed E-state index contributed by atoms with van der Waals surface area (Å²) in [7, 11) is 0. The Morgan fingerprint density at radius 3 is 1.87 bits per heavy atom. The SMILES string of the molecule is C=CC(=O)OCCCCOCC(O)COC(=O)CCCCCCCOC(=O)CCCCCOC(=O)C(C)CC. The molecule has 0 rings (SSSR count). The van der Waals surface area contributed by atoms with Crippen molar-refractivity contribution in [2.75, 3.05) is 39.6 Å². The van der Waals surface area contributed by atoms with Crippen LogP contribution in [0.3, 0.4) is 0 Å². The highest BCUT2D eigenvalue weighted by Crippen LogP contribution is 2.09. The molecular formula is C29H50O10. The highest BCUT2D eigenvalue weighted by Gasteiger charge is 2.11. The molecule has 0 saturated carbocycles. The van der Waals surface area contributed by atoms with Crippen LogP contribution in [0.2, 0.25) is 0 Å². The van der Waals surface area contributed by atoms with Gasteiger partial charge in [0.15, 0.2) is 0 Å². The van der Waals surface area contributed by atoms with E-state index in [1.54, 1.807) is 0 Å². The van der Waals surface area contributed by atoms with Gasteiger partial charge in [0.05, 0.1) is 32.3 Å². The Morgan fingerprint density at radius 1 is 0.692 bits per heavy atom. The van der Waals surface area contributed by atoms with E-state index in [2.05, 4.69) is 6.58 Å². The summed E-state index contributed by atoms with van der Waals surface area (Å²) in [6.07, 6.45) is 9.49. The van der Waals surface area contributed by atoms with Gasteiger partial charge in [0.25, 0.3) is 0 Å². The lowest BCUT2D eigenvalue weighted by molar-refractivity contribution is -0.149. The average molecular weight is 559 g/mol. The Hall–Kier alpha value is -2.46. The highest BCUT2D eigenvalue weighted by molar-refractivity contribution is 5.81. The predicted molar refractivity (Wildman–Crippen MR) is 146 cm³/mol. The van der Waals surface area contributed by atoms with Crippen molar-refractivity contribution in [2.45, 2.75) is 103 Å². The van der Waals surface area contributed by atoms with Gasteiger partial charge in [-0.2, -0.15) is 0 Å². The maximum absolute atomic E-state index is 11.8. The molecule has 0 amide bonds. The molecule has 0 heterocycles. The molecule has 226 valence electrons. The number of hydrogen-bond donors (Lipinski definition) is 1. The lowest BCUT2D eigenvalue weighted by Gasteiger charge is -2.12. The maximum Gasteiger partial charge on any atom is 0.330 e. The van der Waals surface area contributed by atoms with Crippen LogP contribution in [0.5, 0.6) is 0 Å². The monoisotopic (exact) mass is 558 g/mol. The van der Waals surface area contributed by atoms with Crippen LogP contribution in [0, 0.1) is 5.92 Å². The third-order valence-corrected chi connectivity index (χ3v) is 5.91. The zero-order valence-electron chi connectivity index (χ0n) is 24.0. The molecular weight excluding hydrogens is 508 g/mol. The summed E-state index contributed by atoms with van der Waals surface area (Å²) in [5.41, 5.74) is 0. The minimum absolute atomic E-state index is 0.0694. The molecule has 39 heavy (non-hydrogen) atoms. The molecule has 0 spiro atoms. The van der Waals surface area contributed by atoms with Crippen LogP contribution in [0.15, 0.2) is 12.7 Å². The molecule has 10 nitrogen and oxygen atoms in total. The Kier molecular flexibility index (Phi) is 24.2. The van der Waals surface area contributed by atoms with Gasteiger partial charge in [-0.1, -0.05) is 39.7 Å². The van der Waals surface area contributed by atoms with E-state index in [9.17, 15) is 24.3 Å². The van der Waals surface area contributed by atoms with Crippen molar-refractivity contribution in [3.63, 3.8) is 0 Å². The fourth-order valence-corrected chi connectivity index (χ4v) is 3.26. The minimum atomic E-state index is -0.880. The molecule has 0 aliphatic carbocycles. The number of aliphatic hydroxyl groups is 1. The van der Waals surface area contributed by atoms with Crippen LogP contribution < -0.4 is 0 Å². The second kappa shape index (κ2) is 25.8. The second-order valence-electron chi connectivity index (χ2n) is 9.52. The number of esters is 4. The molecule has 0 aromatic rings. The van der Waals surface area contributed by atoms with Crippen molar-refractivity contribution >= 4 is 23.9 Å². The Labute approximate surface area is 233 Å². The molecule has 1 N–H and O–H groups in total. The first-order valence-corrected chi connectivity index (χ1v) is 14.3. The van der Waals surface area contributed by atoms with Crippen LogP contribution in [0.1, 0.15) is 97.3 Å². The van der Waals surface area contributed by atoms with Crippen molar-refractivity contribution in [3.8, 4) is 0 Å². The largest absolute Gasteiger partial charge is 0.466 e. The molecule has 2 unspecified atom stereocenters. The number of unbranched alkanes of at least 4 members (excludes halogenated alkanes) is 7. The van der Waals surface area contributed by atoms with Gasteiger partial charge in [-0.25, -0.2) is 4.79 Å². The van der Waals surface area contributed by atoms with Gasteiger partial charge in [-0.3, -0.25) is 14.4 Å². The van der Waals surface area contributed by atoms with E-state index in [0.29, 0.717) is 58.5 Å². The predicted octanol–water partition coefficient (Wildman–Crippen LogP) is 4.45. The molecule has 0 aromatic heterocycles. The summed E-state index contributed by atoms with van der Waals surface area (Å²) in [6, 6.07) is 0. The van der Waals surface area contributed by atoms with Crippen molar-refractivity contribution < 1.29 is 48.0 Å². The minimum Gasteiger partial charge on any atom is -0.466 e. The molecule has 0 saturated heterocycles. The van der Waals surface area contributed by atoms with Crippen LogP contribution in [-0.4, -0.2) is 74.7 Å². The fraction of sp³-hybridized carbons (Fsp3) is 0.793. The van der Waals surface area contributed by atoms with Crippen LogP contribution >= 0.6 is 0 Å². The second-order valence-corrected chi connectivity index (χ2v) is 9.52. The summed E-state index contributed by atoms with van der Waals surface area (Å²) in [6.45, 7) is 8.58. The van der Waals surface area contributed by atoms with Crippen LogP contribution in [0.4, 0.5) is 0 Å². The van der Waals surface area contributed by atoms with E-state index in [-0.39, 0.29) is 37.0 Å². The number of hydrogen-bond acceptors (Lipinski definition) is 10. The van der Waals surface area contributed by atoms with Crippen molar-refractivity contribution in [3.05, 3.63) is 12.7 Å². The van der Waals surface area contributed by atoms with Gasteiger partial charge < -0.3 is 28.8 Å². The van der Waals surface area contributed by atoms with Gasteiger partial charge in [0.2, 0.25) is 0 Å². The molecule has 0 bridgehead atoms. The van der Waals surface area contributed by atoms with E-state index < -0.39 is 12.1 Å². The summed E-state index contributed by atoms with van der Waals surface area (Å²) in [5, 5.41) is 9.83. The normalized spacial score (nSPS) is 12.3. The quantitative estimate of drug-likeness (QED) is 0.0702. The number of rotatable bonds is 26. The molecule has 0 radical (unpaired) electrons. The fourth-order valence-electron chi connectivity index (χ4n) is 3.26. The van der Waals surface area contributed by atoms with Gasteiger partial charge in [-0.15, -0.1) is 0 Å². The van der Waals surface area contributed by atoms with E-state index in [0.717, 1.165) is 57.4 Å². The molecule has 2 atom stereocenters. The first kappa shape index (κ1) is 36.5. The average Bonchev–Trinajstić information content (AvgIpc) is 2.93. The van der Waals surface area contributed by atoms with Gasteiger partial charge in [0, 0.05) is 25.5 Å². The van der Waals surface area contributed by atoms with E-state index in [1.165, 1.54) is 0 Å². The summed E-state index contributed by atoms with van der Waals surface area (Å²) in [5.74, 6) is -1.23. The lowest BCUT2D eigenvalue weighted by atomic mass is 10.1. The number of carbonyl (C=O) groups is 4. The Morgan fingerprint density at radius 2 is 1.21 bits per heavy atom. The first-order chi connectivity index (χ1) is 18.8. The van der Waals surface area contributed by atoms with Crippen LogP contribution in [0.25, 0.3) is 0 Å². The van der Waals surface area contributed by atoms with E-state index >= 15 is 0 Å². The molecule has 0 fully saturated rings. The highest BCUT2D eigenvalue weighted by atomic mass is 16.6. The van der Waals surface area contributed by atoms with E-state index in [1.807, 2.05) is 13.8 Å². The lowest BCUT2D eigenvalue weighted by Crippen LogP contribution is -2.24. The number of aliphatic hydroxyl groups excluding tert-OH is 1. The third kappa shape index (κ3) is 24.3. The Balaban J connectivity index is 3.46. The topological polar surface area (TPSA) is 135 Å². The van der Waals surface area contributed by atoms with Gasteiger partial charge in [-0.05, 0) is 51.4 Å². The first-order valence-electron chi connectivity index (χ1n) is 14.3. The van der Waals surface area contributed by atoms with Crippen LogP contribution in [-0.2, 0) is 42.9 Å². The molecule has 0 aromatic carbocycles.